The highest BCUT2D eigenvalue weighted by molar-refractivity contribution is 9.10. The molecule has 2 N–H and O–H groups in total. The van der Waals surface area contributed by atoms with Gasteiger partial charge in [-0.2, -0.15) is 0 Å². The Morgan fingerprint density at radius 1 is 1.11 bits per heavy atom. The molecule has 0 atom stereocenters. The second-order valence-electron chi connectivity index (χ2n) is 3.85. The Morgan fingerprint density at radius 3 is 2.53 bits per heavy atom. The van der Waals surface area contributed by atoms with Crippen molar-refractivity contribution in [3.63, 3.8) is 0 Å². The molecule has 0 amide bonds. The van der Waals surface area contributed by atoms with E-state index in [0.29, 0.717) is 0 Å². The maximum Gasteiger partial charge on any atom is 0.165 e. The summed E-state index contributed by atoms with van der Waals surface area (Å²) in [5.41, 5.74) is 0.320. The molecule has 19 heavy (non-hydrogen) atoms. The lowest BCUT2D eigenvalue weighted by Crippen LogP contribution is -2.03. The minimum atomic E-state index is -0.775. The highest BCUT2D eigenvalue weighted by Crippen LogP contribution is 2.28. The van der Waals surface area contributed by atoms with Crippen molar-refractivity contribution in [1.29, 1.82) is 0 Å². The first-order chi connectivity index (χ1) is 8.99. The first-order valence-electron chi connectivity index (χ1n) is 5.34. The number of hydrogen-bond acceptors (Lipinski definition) is 2. The van der Waals surface area contributed by atoms with Crippen LogP contribution >= 0.6 is 15.9 Å². The Bertz CT molecular complexity index is 596. The van der Waals surface area contributed by atoms with Gasteiger partial charge in [0.2, 0.25) is 0 Å². The number of halogens is 4. The van der Waals surface area contributed by atoms with Crippen molar-refractivity contribution in [2.45, 2.75) is 6.54 Å². The molecule has 0 radical (unpaired) electrons. The molecule has 0 saturated heterocycles. The van der Waals surface area contributed by atoms with Crippen LogP contribution in [-0.4, -0.2) is 5.11 Å². The van der Waals surface area contributed by atoms with Crippen LogP contribution in [0.4, 0.5) is 18.9 Å². The molecular weight excluding hydrogens is 323 g/mol. The maximum atomic E-state index is 13.5. The predicted octanol–water partition coefficient (Wildman–Crippen LogP) is 4.18. The third kappa shape index (κ3) is 3.01. The molecule has 0 spiro atoms. The minimum Gasteiger partial charge on any atom is -0.505 e. The van der Waals surface area contributed by atoms with Gasteiger partial charge in [0.25, 0.3) is 0 Å². The number of anilines is 1. The van der Waals surface area contributed by atoms with Crippen LogP contribution in [0.3, 0.4) is 0 Å². The Hall–Kier alpha value is -1.69. The van der Waals surface area contributed by atoms with Crippen molar-refractivity contribution in [2.24, 2.45) is 0 Å². The van der Waals surface area contributed by atoms with Crippen LogP contribution in [0.2, 0.25) is 0 Å². The summed E-state index contributed by atoms with van der Waals surface area (Å²) < 4.78 is 39.7. The summed E-state index contributed by atoms with van der Waals surface area (Å²) in [7, 11) is 0. The quantitative estimate of drug-likeness (QED) is 0.884. The lowest BCUT2D eigenvalue weighted by Gasteiger charge is -2.11. The summed E-state index contributed by atoms with van der Waals surface area (Å²) in [6.07, 6.45) is 0. The average molecular weight is 332 g/mol. The van der Waals surface area contributed by atoms with Gasteiger partial charge >= 0.3 is 0 Å². The van der Waals surface area contributed by atoms with Crippen LogP contribution in [0.1, 0.15) is 5.56 Å². The number of phenols is 1. The number of phenolic OH excluding ortho intramolecular Hbond substituents is 1. The fraction of sp³-hybridized carbons (Fsp3) is 0.0769. The van der Waals surface area contributed by atoms with Crippen molar-refractivity contribution >= 4 is 21.6 Å². The third-order valence-electron chi connectivity index (χ3n) is 2.53. The predicted molar refractivity (Wildman–Crippen MR) is 69.4 cm³/mol. The molecule has 0 aromatic heterocycles. The van der Waals surface area contributed by atoms with E-state index in [9.17, 15) is 18.3 Å². The molecule has 0 aliphatic carbocycles. The molecule has 2 nitrogen and oxygen atoms in total. The fourth-order valence-electron chi connectivity index (χ4n) is 1.60. The summed E-state index contributed by atoms with van der Waals surface area (Å²) >= 11 is 3.03. The zero-order valence-electron chi connectivity index (χ0n) is 9.55. The van der Waals surface area contributed by atoms with Crippen molar-refractivity contribution in [1.82, 2.24) is 0 Å². The molecule has 0 fully saturated rings. The zero-order valence-corrected chi connectivity index (χ0v) is 11.1. The van der Waals surface area contributed by atoms with Gasteiger partial charge in [-0.1, -0.05) is 12.1 Å². The summed E-state index contributed by atoms with van der Waals surface area (Å²) in [6, 6.07) is 5.89. The van der Waals surface area contributed by atoms with Gasteiger partial charge in [0.15, 0.2) is 11.6 Å². The summed E-state index contributed by atoms with van der Waals surface area (Å²) in [5, 5.41) is 12.2. The van der Waals surface area contributed by atoms with Crippen LogP contribution in [0.15, 0.2) is 34.8 Å². The van der Waals surface area contributed by atoms with Gasteiger partial charge in [0, 0.05) is 22.6 Å². The normalized spacial score (nSPS) is 10.5. The molecule has 6 heteroatoms. The standard InChI is InChI=1S/C13H9BrF3NO/c14-9-4-8(15)5-11(17)12(9)18-6-7-2-1-3-10(16)13(7)19/h1-5,18-19H,6H2. The number of hydrogen-bond donors (Lipinski definition) is 2. The van der Waals surface area contributed by atoms with Gasteiger partial charge in [-0.15, -0.1) is 0 Å². The first-order valence-corrected chi connectivity index (χ1v) is 6.13. The lowest BCUT2D eigenvalue weighted by molar-refractivity contribution is 0.426. The zero-order chi connectivity index (χ0) is 14.0. The van der Waals surface area contributed by atoms with E-state index in [2.05, 4.69) is 21.2 Å². The van der Waals surface area contributed by atoms with Gasteiger partial charge in [0.1, 0.15) is 11.6 Å². The van der Waals surface area contributed by atoms with Crippen molar-refractivity contribution < 1.29 is 18.3 Å². The molecular formula is C13H9BrF3NO. The molecule has 2 rings (SSSR count). The second kappa shape index (κ2) is 5.52. The molecule has 0 bridgehead atoms. The lowest BCUT2D eigenvalue weighted by atomic mass is 10.2. The van der Waals surface area contributed by atoms with Crippen molar-refractivity contribution in [3.05, 3.63) is 57.8 Å². The molecule has 0 aliphatic heterocycles. The number of aromatic hydroxyl groups is 1. The molecule has 0 unspecified atom stereocenters. The summed E-state index contributed by atoms with van der Waals surface area (Å²) in [6.45, 7) is 0.00471. The molecule has 2 aromatic rings. The van der Waals surface area contributed by atoms with E-state index in [1.54, 1.807) is 0 Å². The van der Waals surface area contributed by atoms with Crippen molar-refractivity contribution in [3.8, 4) is 5.75 Å². The molecule has 0 saturated carbocycles. The third-order valence-corrected chi connectivity index (χ3v) is 3.16. The number of nitrogens with one attached hydrogen (secondary N) is 1. The van der Waals surface area contributed by atoms with Gasteiger partial charge in [0.05, 0.1) is 5.69 Å². The molecule has 100 valence electrons. The van der Waals surface area contributed by atoms with Gasteiger partial charge in [-0.3, -0.25) is 0 Å². The first kappa shape index (κ1) is 13.7. The van der Waals surface area contributed by atoms with E-state index in [4.69, 9.17) is 0 Å². The summed E-state index contributed by atoms with van der Waals surface area (Å²) in [5.74, 6) is -2.72. The topological polar surface area (TPSA) is 32.3 Å². The Labute approximate surface area is 116 Å². The van der Waals surface area contributed by atoms with Gasteiger partial charge in [-0.05, 0) is 28.1 Å². The molecule has 2 aromatic carbocycles. The van der Waals surface area contributed by atoms with E-state index < -0.39 is 23.2 Å². The largest absolute Gasteiger partial charge is 0.505 e. The van der Waals surface area contributed by atoms with E-state index in [1.165, 1.54) is 12.1 Å². The minimum absolute atomic E-state index is 0.00471. The van der Waals surface area contributed by atoms with Crippen LogP contribution in [-0.2, 0) is 6.54 Å². The van der Waals surface area contributed by atoms with Crippen LogP contribution in [0, 0.1) is 17.5 Å². The van der Waals surface area contributed by atoms with Crippen molar-refractivity contribution in [2.75, 3.05) is 5.32 Å². The van der Waals surface area contributed by atoms with Gasteiger partial charge in [-0.25, -0.2) is 13.2 Å². The SMILES string of the molecule is Oc1c(F)cccc1CNc1c(F)cc(F)cc1Br. The molecule has 0 aliphatic rings. The van der Waals surface area contributed by atoms with Crippen LogP contribution < -0.4 is 5.32 Å². The number of rotatable bonds is 3. The van der Waals surface area contributed by atoms with E-state index in [0.717, 1.165) is 18.2 Å². The number of benzene rings is 2. The van der Waals surface area contributed by atoms with E-state index in [1.807, 2.05) is 0 Å². The highest BCUT2D eigenvalue weighted by Gasteiger charge is 2.11. The second-order valence-corrected chi connectivity index (χ2v) is 4.70. The fourth-order valence-corrected chi connectivity index (χ4v) is 2.15. The summed E-state index contributed by atoms with van der Waals surface area (Å²) in [4.78, 5) is 0. The molecule has 0 heterocycles. The maximum absolute atomic E-state index is 13.5. The van der Waals surface area contributed by atoms with Crippen LogP contribution in [0.25, 0.3) is 0 Å². The number of para-hydroxylation sites is 1. The van der Waals surface area contributed by atoms with Gasteiger partial charge < -0.3 is 10.4 Å². The Balaban J connectivity index is 2.22. The van der Waals surface area contributed by atoms with E-state index in [-0.39, 0.29) is 22.3 Å². The van der Waals surface area contributed by atoms with Crippen LogP contribution in [0.5, 0.6) is 5.75 Å². The Morgan fingerprint density at radius 2 is 1.84 bits per heavy atom. The van der Waals surface area contributed by atoms with E-state index >= 15 is 0 Å². The smallest absolute Gasteiger partial charge is 0.165 e. The highest BCUT2D eigenvalue weighted by atomic mass is 79.9. The monoisotopic (exact) mass is 331 g/mol. The Kier molecular flexibility index (Phi) is 3.99. The average Bonchev–Trinajstić information content (AvgIpc) is 2.33.